The molecular formula is C25H37N5O5. The average molecular weight is 488 g/mol. The third-order valence-corrected chi connectivity index (χ3v) is 6.96. The molecule has 2 aromatic rings. The van der Waals surface area contributed by atoms with E-state index in [2.05, 4.69) is 10.4 Å². The number of fused-ring (bicyclic) bond motifs is 1. The molecule has 1 atom stereocenters. The zero-order chi connectivity index (χ0) is 25.4. The fraction of sp³-hybridized carbons (Fsp3) is 0.680. The van der Waals surface area contributed by atoms with Crippen LogP contribution in [0.15, 0.2) is 10.9 Å². The highest BCUT2D eigenvalue weighted by Crippen LogP contribution is 2.30. The molecule has 2 N–H and O–H groups in total. The minimum atomic E-state index is -0.620. The summed E-state index contributed by atoms with van der Waals surface area (Å²) in [5.74, 6) is -0.404. The quantitative estimate of drug-likeness (QED) is 0.620. The molecule has 1 aliphatic carbocycles. The number of amides is 2. The Morgan fingerprint density at radius 1 is 1.14 bits per heavy atom. The van der Waals surface area contributed by atoms with Crippen molar-refractivity contribution < 1.29 is 19.4 Å². The van der Waals surface area contributed by atoms with Crippen LogP contribution in [0.1, 0.15) is 82.3 Å². The predicted octanol–water partition coefficient (Wildman–Crippen LogP) is 3.11. The lowest BCUT2D eigenvalue weighted by Gasteiger charge is -2.31. The van der Waals surface area contributed by atoms with Gasteiger partial charge < -0.3 is 20.1 Å². The van der Waals surface area contributed by atoms with E-state index in [4.69, 9.17) is 4.74 Å². The van der Waals surface area contributed by atoms with Crippen LogP contribution in [0.5, 0.6) is 5.88 Å². The van der Waals surface area contributed by atoms with Crippen molar-refractivity contribution in [2.24, 2.45) is 11.8 Å². The lowest BCUT2D eigenvalue weighted by atomic mass is 9.94. The first-order valence-electron chi connectivity index (χ1n) is 12.7. The number of aromatic nitrogens is 3. The summed E-state index contributed by atoms with van der Waals surface area (Å²) < 4.78 is 8.39. The van der Waals surface area contributed by atoms with Gasteiger partial charge in [0.2, 0.25) is 5.88 Å². The van der Waals surface area contributed by atoms with Gasteiger partial charge in [0.1, 0.15) is 11.8 Å². The number of nitrogens with one attached hydrogen (secondary N) is 1. The van der Waals surface area contributed by atoms with Crippen LogP contribution in [0, 0.1) is 11.8 Å². The second-order valence-corrected chi connectivity index (χ2v) is 10.7. The van der Waals surface area contributed by atoms with Gasteiger partial charge in [-0.2, -0.15) is 9.61 Å². The van der Waals surface area contributed by atoms with Gasteiger partial charge >= 0.3 is 6.09 Å². The molecule has 10 nitrogen and oxygen atoms in total. The molecule has 2 aliphatic rings. The standard InChI is InChI=1S/C25H37N5O5/c1-14(2)13-29-20-12-19(17-8-10-28(11-9-17)25(34)35-16(5)15(3)4)27-30(20)24(33)21(23(29)32)22(31)26-18-6-7-18/h12,14-18,32H,6-11,13H2,1-5H3,(H,26,31). The van der Waals surface area contributed by atoms with E-state index in [-0.39, 0.29) is 47.4 Å². The summed E-state index contributed by atoms with van der Waals surface area (Å²) in [5.41, 5.74) is 0.302. The van der Waals surface area contributed by atoms with Crippen molar-refractivity contribution in [1.82, 2.24) is 24.4 Å². The lowest BCUT2D eigenvalue weighted by Crippen LogP contribution is -2.40. The number of aromatic hydroxyl groups is 1. The molecule has 10 heteroatoms. The van der Waals surface area contributed by atoms with Gasteiger partial charge in [-0.3, -0.25) is 14.2 Å². The van der Waals surface area contributed by atoms with Gasteiger partial charge in [0.25, 0.3) is 11.5 Å². The van der Waals surface area contributed by atoms with Gasteiger partial charge in [-0.05, 0) is 44.4 Å². The van der Waals surface area contributed by atoms with Crippen molar-refractivity contribution >= 4 is 17.6 Å². The maximum atomic E-state index is 13.2. The fourth-order valence-corrected chi connectivity index (χ4v) is 4.33. The summed E-state index contributed by atoms with van der Waals surface area (Å²) in [6.45, 7) is 11.5. The molecule has 1 unspecified atom stereocenters. The van der Waals surface area contributed by atoms with E-state index < -0.39 is 11.5 Å². The number of hydrogen-bond acceptors (Lipinski definition) is 6. The summed E-state index contributed by atoms with van der Waals surface area (Å²) in [7, 11) is 0. The van der Waals surface area contributed by atoms with E-state index in [1.807, 2.05) is 40.7 Å². The van der Waals surface area contributed by atoms with Crippen molar-refractivity contribution in [3.63, 3.8) is 0 Å². The summed E-state index contributed by atoms with van der Waals surface area (Å²) in [4.78, 5) is 40.2. The second kappa shape index (κ2) is 9.91. The SMILES string of the molecule is CC(C)Cn1c(O)c(C(=O)NC2CC2)c(=O)n2nc(C3CCN(C(=O)OC(C)C(C)C)CC3)cc12. The second-order valence-electron chi connectivity index (χ2n) is 10.7. The third kappa shape index (κ3) is 5.31. The molecule has 0 radical (unpaired) electrons. The van der Waals surface area contributed by atoms with Gasteiger partial charge in [0.05, 0.1) is 5.69 Å². The molecule has 3 heterocycles. The Labute approximate surface area is 205 Å². The predicted molar refractivity (Wildman–Crippen MR) is 131 cm³/mol. The molecular weight excluding hydrogens is 450 g/mol. The highest BCUT2D eigenvalue weighted by molar-refractivity contribution is 5.96. The molecule has 1 saturated carbocycles. The van der Waals surface area contributed by atoms with Gasteiger partial charge in [0.15, 0.2) is 5.56 Å². The highest BCUT2D eigenvalue weighted by Gasteiger charge is 2.31. The van der Waals surface area contributed by atoms with E-state index in [0.29, 0.717) is 38.1 Å². The van der Waals surface area contributed by atoms with Crippen LogP contribution in [0.2, 0.25) is 0 Å². The van der Waals surface area contributed by atoms with E-state index in [0.717, 1.165) is 18.5 Å². The Hall–Kier alpha value is -3.04. The summed E-state index contributed by atoms with van der Waals surface area (Å²) in [5, 5.41) is 18.3. The number of carbonyl (C=O) groups excluding carboxylic acids is 2. The number of ether oxygens (including phenoxy) is 1. The Balaban J connectivity index is 1.59. The number of hydrogen-bond donors (Lipinski definition) is 2. The monoisotopic (exact) mass is 487 g/mol. The van der Waals surface area contributed by atoms with E-state index >= 15 is 0 Å². The highest BCUT2D eigenvalue weighted by atomic mass is 16.6. The van der Waals surface area contributed by atoms with Crippen molar-refractivity contribution in [3.8, 4) is 5.88 Å². The van der Waals surface area contributed by atoms with Crippen LogP contribution in [0.3, 0.4) is 0 Å². The number of carbonyl (C=O) groups is 2. The maximum absolute atomic E-state index is 13.2. The fourth-order valence-electron chi connectivity index (χ4n) is 4.33. The van der Waals surface area contributed by atoms with E-state index in [1.165, 1.54) is 4.52 Å². The zero-order valence-electron chi connectivity index (χ0n) is 21.3. The molecule has 2 fully saturated rings. The van der Waals surface area contributed by atoms with Gasteiger partial charge in [0, 0.05) is 37.7 Å². The summed E-state index contributed by atoms with van der Waals surface area (Å²) >= 11 is 0. The molecule has 1 saturated heterocycles. The molecule has 0 aromatic carbocycles. The Kier molecular flexibility index (Phi) is 7.10. The first kappa shape index (κ1) is 25.1. The molecule has 0 spiro atoms. The molecule has 2 aromatic heterocycles. The van der Waals surface area contributed by atoms with Crippen molar-refractivity contribution in [1.29, 1.82) is 0 Å². The third-order valence-electron chi connectivity index (χ3n) is 6.96. The van der Waals surface area contributed by atoms with Crippen LogP contribution >= 0.6 is 0 Å². The minimum absolute atomic E-state index is 0.0549. The number of nitrogens with zero attached hydrogens (tertiary/aromatic N) is 4. The molecule has 2 amide bonds. The van der Waals surface area contributed by atoms with Gasteiger partial charge in [-0.15, -0.1) is 0 Å². The van der Waals surface area contributed by atoms with Crippen molar-refractivity contribution in [2.45, 2.75) is 84.9 Å². The normalized spacial score (nSPS) is 17.9. The molecule has 0 bridgehead atoms. The topological polar surface area (TPSA) is 118 Å². The Bertz CT molecular complexity index is 1160. The number of rotatable bonds is 7. The molecule has 1 aliphatic heterocycles. The molecule has 35 heavy (non-hydrogen) atoms. The molecule has 192 valence electrons. The van der Waals surface area contributed by atoms with Gasteiger partial charge in [-0.1, -0.05) is 27.7 Å². The minimum Gasteiger partial charge on any atom is -0.494 e. The van der Waals surface area contributed by atoms with Crippen LogP contribution < -0.4 is 10.9 Å². The first-order chi connectivity index (χ1) is 16.6. The Morgan fingerprint density at radius 2 is 1.80 bits per heavy atom. The molecule has 4 rings (SSSR count). The van der Waals surface area contributed by atoms with Crippen LogP contribution in [0.25, 0.3) is 5.65 Å². The Morgan fingerprint density at radius 3 is 2.37 bits per heavy atom. The van der Waals surface area contributed by atoms with Crippen LogP contribution in [0.4, 0.5) is 4.79 Å². The van der Waals surface area contributed by atoms with Crippen LogP contribution in [-0.4, -0.2) is 61.4 Å². The number of piperidine rings is 1. The largest absolute Gasteiger partial charge is 0.494 e. The number of likely N-dealkylation sites (tertiary alicyclic amines) is 1. The first-order valence-corrected chi connectivity index (χ1v) is 12.7. The van der Waals surface area contributed by atoms with Crippen molar-refractivity contribution in [3.05, 3.63) is 27.7 Å². The summed E-state index contributed by atoms with van der Waals surface area (Å²) in [6.07, 6.45) is 2.69. The van der Waals surface area contributed by atoms with Gasteiger partial charge in [-0.25, -0.2) is 4.79 Å². The van der Waals surface area contributed by atoms with E-state index in [9.17, 15) is 19.5 Å². The zero-order valence-corrected chi connectivity index (χ0v) is 21.3. The lowest BCUT2D eigenvalue weighted by molar-refractivity contribution is 0.0449. The van der Waals surface area contributed by atoms with E-state index in [1.54, 1.807) is 9.47 Å². The van der Waals surface area contributed by atoms with Crippen LogP contribution in [-0.2, 0) is 11.3 Å². The maximum Gasteiger partial charge on any atom is 0.410 e. The smallest absolute Gasteiger partial charge is 0.410 e. The average Bonchev–Trinajstić information content (AvgIpc) is 3.50. The summed E-state index contributed by atoms with van der Waals surface area (Å²) in [6, 6.07) is 1.88. The van der Waals surface area contributed by atoms with Crippen molar-refractivity contribution in [2.75, 3.05) is 13.1 Å².